The first kappa shape index (κ1) is 15.9. The van der Waals surface area contributed by atoms with Gasteiger partial charge in [-0.05, 0) is 26.8 Å². The minimum absolute atomic E-state index is 0.639. The number of rotatable bonds is 10. The number of methoxy groups -OCH3 is 1. The number of likely N-dealkylation sites (N-methyl/N-ethyl adjacent to an activating group) is 1. The van der Waals surface area contributed by atoms with E-state index in [9.17, 15) is 0 Å². The van der Waals surface area contributed by atoms with Gasteiger partial charge < -0.3 is 10.1 Å². The smallest absolute Gasteiger partial charge is 0.0589 e. The summed E-state index contributed by atoms with van der Waals surface area (Å²) in [5, 5.41) is 3.31. The Morgan fingerprint density at radius 3 is 2.44 bits per heavy atom. The molecule has 0 saturated carbocycles. The zero-order valence-corrected chi connectivity index (χ0v) is 11.8. The summed E-state index contributed by atoms with van der Waals surface area (Å²) in [6.45, 7) is 9.77. The van der Waals surface area contributed by atoms with E-state index >= 15 is 0 Å². The fraction of sp³-hybridized carbons (Fsp3) is 1.00. The van der Waals surface area contributed by atoms with E-state index < -0.39 is 0 Å². The third-order valence-corrected chi connectivity index (χ3v) is 3.24. The zero-order valence-electron chi connectivity index (χ0n) is 11.8. The van der Waals surface area contributed by atoms with Gasteiger partial charge in [0.1, 0.15) is 0 Å². The van der Waals surface area contributed by atoms with Crippen LogP contribution >= 0.6 is 0 Å². The van der Waals surface area contributed by atoms with Gasteiger partial charge in [0.15, 0.2) is 0 Å². The second-order valence-corrected chi connectivity index (χ2v) is 4.49. The van der Waals surface area contributed by atoms with E-state index in [1.165, 1.54) is 19.3 Å². The lowest BCUT2D eigenvalue weighted by Crippen LogP contribution is -2.47. The van der Waals surface area contributed by atoms with Crippen molar-refractivity contribution in [3.8, 4) is 0 Å². The average Bonchev–Trinajstić information content (AvgIpc) is 2.29. The molecule has 0 aliphatic rings. The predicted octanol–water partition coefficient (Wildman–Crippen LogP) is 2.12. The van der Waals surface area contributed by atoms with E-state index in [1.807, 2.05) is 7.05 Å². The first-order chi connectivity index (χ1) is 7.71. The summed E-state index contributed by atoms with van der Waals surface area (Å²) in [5.41, 5.74) is 0. The Balaban J connectivity index is 4.38. The molecule has 3 nitrogen and oxygen atoms in total. The Morgan fingerprint density at radius 1 is 1.31 bits per heavy atom. The Labute approximate surface area is 102 Å². The molecule has 0 rings (SSSR count). The van der Waals surface area contributed by atoms with Crippen molar-refractivity contribution in [3.63, 3.8) is 0 Å². The first-order valence-corrected chi connectivity index (χ1v) is 6.60. The van der Waals surface area contributed by atoms with Gasteiger partial charge in [-0.2, -0.15) is 0 Å². The molecule has 0 heterocycles. The van der Waals surface area contributed by atoms with Crippen LogP contribution in [-0.2, 0) is 4.74 Å². The molecule has 98 valence electrons. The largest absolute Gasteiger partial charge is 0.383 e. The molecule has 0 spiro atoms. The van der Waals surface area contributed by atoms with Crippen LogP contribution in [0.15, 0.2) is 0 Å². The van der Waals surface area contributed by atoms with Gasteiger partial charge in [0.2, 0.25) is 0 Å². The third kappa shape index (κ3) is 5.83. The van der Waals surface area contributed by atoms with Gasteiger partial charge in [0, 0.05) is 32.3 Å². The molecule has 0 aromatic carbocycles. The Hall–Kier alpha value is -0.120. The highest BCUT2D eigenvalue weighted by Crippen LogP contribution is 2.12. The molecule has 2 unspecified atom stereocenters. The number of nitrogens with one attached hydrogen (secondary N) is 1. The lowest BCUT2D eigenvalue weighted by molar-refractivity contribution is 0.0838. The summed E-state index contributed by atoms with van der Waals surface area (Å²) >= 11 is 0. The number of nitrogens with zero attached hydrogens (tertiary/aromatic N) is 1. The molecule has 0 aliphatic heterocycles. The van der Waals surface area contributed by atoms with E-state index in [0.29, 0.717) is 12.1 Å². The Bertz CT molecular complexity index is 147. The van der Waals surface area contributed by atoms with E-state index in [2.05, 4.69) is 31.0 Å². The summed E-state index contributed by atoms with van der Waals surface area (Å²) in [5.74, 6) is 0. The quantitative estimate of drug-likeness (QED) is 0.622. The topological polar surface area (TPSA) is 24.5 Å². The van der Waals surface area contributed by atoms with Crippen LogP contribution in [0.25, 0.3) is 0 Å². The maximum absolute atomic E-state index is 5.21. The third-order valence-electron chi connectivity index (χ3n) is 3.24. The molecular formula is C13H30N2O. The van der Waals surface area contributed by atoms with E-state index in [0.717, 1.165) is 19.7 Å². The summed E-state index contributed by atoms with van der Waals surface area (Å²) in [7, 11) is 3.81. The molecule has 0 aliphatic carbocycles. The van der Waals surface area contributed by atoms with Gasteiger partial charge in [0.25, 0.3) is 0 Å². The molecule has 0 saturated heterocycles. The summed E-state index contributed by atoms with van der Waals surface area (Å²) in [4.78, 5) is 2.59. The fourth-order valence-corrected chi connectivity index (χ4v) is 2.15. The molecule has 1 N–H and O–H groups in total. The second-order valence-electron chi connectivity index (χ2n) is 4.49. The molecule has 0 bridgehead atoms. The number of hydrogen-bond acceptors (Lipinski definition) is 3. The summed E-state index contributed by atoms with van der Waals surface area (Å²) in [6, 6.07) is 1.28. The van der Waals surface area contributed by atoms with Gasteiger partial charge in [-0.1, -0.05) is 20.3 Å². The van der Waals surface area contributed by atoms with Crippen LogP contribution in [0, 0.1) is 0 Å². The van der Waals surface area contributed by atoms with Crippen LogP contribution in [0.3, 0.4) is 0 Å². The highest BCUT2D eigenvalue weighted by molar-refractivity contribution is 4.77. The van der Waals surface area contributed by atoms with Gasteiger partial charge in [-0.3, -0.25) is 4.90 Å². The van der Waals surface area contributed by atoms with Crippen molar-refractivity contribution in [2.45, 2.75) is 52.1 Å². The molecule has 0 fully saturated rings. The lowest BCUT2D eigenvalue weighted by atomic mass is 10.1. The lowest BCUT2D eigenvalue weighted by Gasteiger charge is -2.36. The van der Waals surface area contributed by atoms with Crippen LogP contribution in [0.4, 0.5) is 0 Å². The molecule has 0 radical (unpaired) electrons. The van der Waals surface area contributed by atoms with Crippen molar-refractivity contribution in [3.05, 3.63) is 0 Å². The van der Waals surface area contributed by atoms with Crippen LogP contribution in [-0.4, -0.2) is 50.8 Å². The van der Waals surface area contributed by atoms with Crippen molar-refractivity contribution >= 4 is 0 Å². The molecule has 2 atom stereocenters. The van der Waals surface area contributed by atoms with Gasteiger partial charge in [-0.25, -0.2) is 0 Å². The van der Waals surface area contributed by atoms with Crippen LogP contribution in [0.5, 0.6) is 0 Å². The monoisotopic (exact) mass is 230 g/mol. The van der Waals surface area contributed by atoms with Crippen molar-refractivity contribution in [1.29, 1.82) is 0 Å². The first-order valence-electron chi connectivity index (χ1n) is 6.60. The standard InChI is InChI=1S/C13H30N2O/c1-6-8-13(11-14-4)15(9-10-16-5)12(3)7-2/h12-14H,6-11H2,1-5H3. The van der Waals surface area contributed by atoms with Gasteiger partial charge >= 0.3 is 0 Å². The number of ether oxygens (including phenoxy) is 1. The van der Waals surface area contributed by atoms with Crippen LogP contribution < -0.4 is 5.32 Å². The number of hydrogen-bond donors (Lipinski definition) is 1. The highest BCUT2D eigenvalue weighted by Gasteiger charge is 2.20. The van der Waals surface area contributed by atoms with Crippen LogP contribution in [0.2, 0.25) is 0 Å². The van der Waals surface area contributed by atoms with E-state index in [4.69, 9.17) is 4.74 Å². The molecular weight excluding hydrogens is 200 g/mol. The van der Waals surface area contributed by atoms with Crippen molar-refractivity contribution in [2.75, 3.05) is 33.9 Å². The fourth-order valence-electron chi connectivity index (χ4n) is 2.15. The molecule has 16 heavy (non-hydrogen) atoms. The maximum Gasteiger partial charge on any atom is 0.0589 e. The SMILES string of the molecule is CCCC(CNC)N(CCOC)C(C)CC. The highest BCUT2D eigenvalue weighted by atomic mass is 16.5. The summed E-state index contributed by atoms with van der Waals surface area (Å²) in [6.07, 6.45) is 3.70. The van der Waals surface area contributed by atoms with Crippen molar-refractivity contribution in [2.24, 2.45) is 0 Å². The van der Waals surface area contributed by atoms with Crippen LogP contribution in [0.1, 0.15) is 40.0 Å². The zero-order chi connectivity index (χ0) is 12.4. The maximum atomic E-state index is 5.21. The molecule has 0 aromatic rings. The van der Waals surface area contributed by atoms with Crippen molar-refractivity contribution < 1.29 is 4.74 Å². The normalized spacial score (nSPS) is 15.4. The van der Waals surface area contributed by atoms with Gasteiger partial charge in [0.05, 0.1) is 6.61 Å². The summed E-state index contributed by atoms with van der Waals surface area (Å²) < 4.78 is 5.21. The minimum Gasteiger partial charge on any atom is -0.383 e. The second kappa shape index (κ2) is 10.1. The van der Waals surface area contributed by atoms with Gasteiger partial charge in [-0.15, -0.1) is 0 Å². The Morgan fingerprint density at radius 2 is 2.00 bits per heavy atom. The predicted molar refractivity (Wildman–Crippen MR) is 71.0 cm³/mol. The average molecular weight is 230 g/mol. The van der Waals surface area contributed by atoms with Crippen molar-refractivity contribution in [1.82, 2.24) is 10.2 Å². The molecule has 0 amide bonds. The minimum atomic E-state index is 0.639. The van der Waals surface area contributed by atoms with E-state index in [-0.39, 0.29) is 0 Å². The molecule has 0 aromatic heterocycles. The Kier molecular flexibility index (Phi) is 9.99. The van der Waals surface area contributed by atoms with E-state index in [1.54, 1.807) is 7.11 Å². The molecule has 3 heteroatoms.